The summed E-state index contributed by atoms with van der Waals surface area (Å²) in [6.07, 6.45) is 0.882. The van der Waals surface area contributed by atoms with Gasteiger partial charge in [-0.3, -0.25) is 4.79 Å². The van der Waals surface area contributed by atoms with Gasteiger partial charge in [0.15, 0.2) is 5.76 Å². The molecule has 56 valence electrons. The van der Waals surface area contributed by atoms with Crippen LogP contribution in [0.25, 0.3) is 0 Å². The molecular formula is C7H10O3. The quantitative estimate of drug-likeness (QED) is 0.597. The predicted octanol–water partition coefficient (Wildman–Crippen LogP) is 1.16. The Balaban J connectivity index is 2.82. The van der Waals surface area contributed by atoms with Crippen LogP contribution in [-0.2, 0) is 9.53 Å². The summed E-state index contributed by atoms with van der Waals surface area (Å²) in [5.41, 5.74) is 0. The lowest BCUT2D eigenvalue weighted by Crippen LogP contribution is -2.16. The molecule has 0 bridgehead atoms. The van der Waals surface area contributed by atoms with E-state index in [2.05, 4.69) is 0 Å². The van der Waals surface area contributed by atoms with Gasteiger partial charge in [-0.05, 0) is 0 Å². The molecule has 0 spiro atoms. The van der Waals surface area contributed by atoms with E-state index in [9.17, 15) is 4.79 Å². The van der Waals surface area contributed by atoms with Gasteiger partial charge in [-0.25, -0.2) is 0 Å². The molecule has 1 N–H and O–H groups in total. The minimum atomic E-state index is -0.205. The van der Waals surface area contributed by atoms with Gasteiger partial charge in [0.25, 0.3) is 0 Å². The lowest BCUT2D eigenvalue weighted by Gasteiger charge is -2.14. The number of allylic oxidation sites excluding steroid dienone is 2. The van der Waals surface area contributed by atoms with E-state index in [4.69, 9.17) is 9.84 Å². The molecule has 0 aromatic heterocycles. The number of rotatable bonds is 1. The van der Waals surface area contributed by atoms with E-state index >= 15 is 0 Å². The van der Waals surface area contributed by atoms with Crippen LogP contribution in [0.15, 0.2) is 11.5 Å². The monoisotopic (exact) mass is 142 g/mol. The van der Waals surface area contributed by atoms with Crippen molar-refractivity contribution in [3.8, 4) is 0 Å². The van der Waals surface area contributed by atoms with Crippen LogP contribution >= 0.6 is 0 Å². The SMILES string of the molecule is CCC1=C(O)C(=O)CCO1. The molecule has 0 amide bonds. The van der Waals surface area contributed by atoms with Crippen LogP contribution in [-0.4, -0.2) is 17.5 Å². The second-order valence-electron chi connectivity index (χ2n) is 2.15. The number of hydrogen-bond donors (Lipinski definition) is 1. The normalized spacial score (nSPS) is 19.1. The summed E-state index contributed by atoms with van der Waals surface area (Å²) in [7, 11) is 0. The van der Waals surface area contributed by atoms with Crippen molar-refractivity contribution < 1.29 is 14.6 Å². The maximum Gasteiger partial charge on any atom is 0.204 e. The number of carbonyl (C=O) groups excluding carboxylic acids is 1. The zero-order chi connectivity index (χ0) is 7.56. The van der Waals surface area contributed by atoms with Crippen molar-refractivity contribution in [2.45, 2.75) is 19.8 Å². The largest absolute Gasteiger partial charge is 0.502 e. The van der Waals surface area contributed by atoms with Crippen molar-refractivity contribution >= 4 is 5.78 Å². The molecule has 0 aromatic carbocycles. The highest BCUT2D eigenvalue weighted by Crippen LogP contribution is 2.15. The first-order valence-corrected chi connectivity index (χ1v) is 3.33. The Hall–Kier alpha value is -0.990. The smallest absolute Gasteiger partial charge is 0.204 e. The summed E-state index contributed by atoms with van der Waals surface area (Å²) in [5, 5.41) is 9.04. The van der Waals surface area contributed by atoms with Crippen LogP contribution < -0.4 is 0 Å². The molecule has 0 radical (unpaired) electrons. The Labute approximate surface area is 59.3 Å². The first-order chi connectivity index (χ1) is 4.75. The molecule has 0 aliphatic carbocycles. The number of Topliss-reactive ketones (excluding diaryl/α,β-unsaturated/α-hetero) is 1. The zero-order valence-electron chi connectivity index (χ0n) is 5.89. The summed E-state index contributed by atoms with van der Waals surface area (Å²) in [5.74, 6) is 0.0353. The van der Waals surface area contributed by atoms with Crippen LogP contribution in [0.2, 0.25) is 0 Å². The fraction of sp³-hybridized carbons (Fsp3) is 0.571. The Morgan fingerprint density at radius 3 is 2.90 bits per heavy atom. The maximum absolute atomic E-state index is 10.8. The molecule has 1 heterocycles. The van der Waals surface area contributed by atoms with E-state index in [0.717, 1.165) is 0 Å². The van der Waals surface area contributed by atoms with Crippen LogP contribution in [0.5, 0.6) is 0 Å². The number of hydrogen-bond acceptors (Lipinski definition) is 3. The van der Waals surface area contributed by atoms with Crippen molar-refractivity contribution in [3.63, 3.8) is 0 Å². The third kappa shape index (κ3) is 1.12. The summed E-state index contributed by atoms with van der Waals surface area (Å²) in [6.45, 7) is 2.25. The van der Waals surface area contributed by atoms with Gasteiger partial charge in [0.1, 0.15) is 5.76 Å². The standard InChI is InChI=1S/C7H10O3/c1-2-6-7(9)5(8)3-4-10-6/h9H,2-4H2,1H3. The molecule has 1 rings (SSSR count). The molecular weight excluding hydrogens is 132 g/mol. The number of carbonyl (C=O) groups is 1. The lowest BCUT2D eigenvalue weighted by atomic mass is 10.1. The molecule has 1 aliphatic rings. The Bertz CT molecular complexity index is 181. The first-order valence-electron chi connectivity index (χ1n) is 3.33. The topological polar surface area (TPSA) is 46.5 Å². The Kier molecular flexibility index (Phi) is 1.94. The van der Waals surface area contributed by atoms with Crippen LogP contribution in [0.1, 0.15) is 19.8 Å². The fourth-order valence-corrected chi connectivity index (χ4v) is 0.879. The highest BCUT2D eigenvalue weighted by molar-refractivity contribution is 5.94. The van der Waals surface area contributed by atoms with Gasteiger partial charge in [0.2, 0.25) is 5.78 Å². The number of ketones is 1. The van der Waals surface area contributed by atoms with Crippen LogP contribution in [0.3, 0.4) is 0 Å². The van der Waals surface area contributed by atoms with Crippen LogP contribution in [0.4, 0.5) is 0 Å². The molecule has 1 aliphatic heterocycles. The molecule has 0 unspecified atom stereocenters. The summed E-state index contributed by atoms with van der Waals surface area (Å²) in [4.78, 5) is 10.8. The van der Waals surface area contributed by atoms with Gasteiger partial charge in [0.05, 0.1) is 6.61 Å². The Morgan fingerprint density at radius 2 is 2.40 bits per heavy atom. The van der Waals surface area contributed by atoms with Crippen molar-refractivity contribution in [2.75, 3.05) is 6.61 Å². The number of aliphatic hydroxyl groups excluding tert-OH is 1. The second-order valence-corrected chi connectivity index (χ2v) is 2.15. The molecule has 0 fully saturated rings. The summed E-state index contributed by atoms with van der Waals surface area (Å²) < 4.78 is 5.02. The first kappa shape index (κ1) is 7.12. The lowest BCUT2D eigenvalue weighted by molar-refractivity contribution is -0.120. The van der Waals surface area contributed by atoms with Crippen molar-refractivity contribution in [3.05, 3.63) is 11.5 Å². The molecule has 0 saturated carbocycles. The van der Waals surface area contributed by atoms with Crippen molar-refractivity contribution in [1.29, 1.82) is 0 Å². The molecule has 10 heavy (non-hydrogen) atoms. The molecule has 3 nitrogen and oxygen atoms in total. The highest BCUT2D eigenvalue weighted by Gasteiger charge is 2.19. The average molecular weight is 142 g/mol. The fourth-order valence-electron chi connectivity index (χ4n) is 0.879. The minimum absolute atomic E-state index is 0.186. The summed E-state index contributed by atoms with van der Waals surface area (Å²) >= 11 is 0. The maximum atomic E-state index is 10.8. The summed E-state index contributed by atoms with van der Waals surface area (Å²) in [6, 6.07) is 0. The highest BCUT2D eigenvalue weighted by atomic mass is 16.5. The zero-order valence-corrected chi connectivity index (χ0v) is 5.89. The van der Waals surface area contributed by atoms with Crippen molar-refractivity contribution in [1.82, 2.24) is 0 Å². The van der Waals surface area contributed by atoms with Gasteiger partial charge in [-0.1, -0.05) is 6.92 Å². The van der Waals surface area contributed by atoms with E-state index in [-0.39, 0.29) is 11.5 Å². The van der Waals surface area contributed by atoms with Gasteiger partial charge in [0, 0.05) is 12.8 Å². The van der Waals surface area contributed by atoms with Gasteiger partial charge in [-0.2, -0.15) is 0 Å². The van der Waals surface area contributed by atoms with Gasteiger partial charge < -0.3 is 9.84 Å². The number of aliphatic hydroxyl groups is 1. The third-order valence-corrected chi connectivity index (χ3v) is 1.45. The van der Waals surface area contributed by atoms with E-state index in [1.54, 1.807) is 0 Å². The van der Waals surface area contributed by atoms with Crippen LogP contribution in [0, 0.1) is 0 Å². The van der Waals surface area contributed by atoms with Crippen molar-refractivity contribution in [2.24, 2.45) is 0 Å². The van der Waals surface area contributed by atoms with Gasteiger partial charge >= 0.3 is 0 Å². The third-order valence-electron chi connectivity index (χ3n) is 1.45. The Morgan fingerprint density at radius 1 is 1.70 bits per heavy atom. The van der Waals surface area contributed by atoms with E-state index < -0.39 is 0 Å². The van der Waals surface area contributed by atoms with E-state index in [1.807, 2.05) is 6.92 Å². The number of ether oxygens (including phenoxy) is 1. The van der Waals surface area contributed by atoms with Gasteiger partial charge in [-0.15, -0.1) is 0 Å². The minimum Gasteiger partial charge on any atom is -0.502 e. The molecule has 3 heteroatoms. The van der Waals surface area contributed by atoms with E-state index in [1.165, 1.54) is 0 Å². The second kappa shape index (κ2) is 2.73. The van der Waals surface area contributed by atoms with E-state index in [0.29, 0.717) is 25.2 Å². The molecule has 0 aromatic rings. The molecule has 0 atom stereocenters. The molecule has 0 saturated heterocycles. The predicted molar refractivity (Wildman–Crippen MR) is 35.5 cm³/mol. The average Bonchev–Trinajstić information content (AvgIpc) is 1.95.